The van der Waals surface area contributed by atoms with Crippen LogP contribution in [0.1, 0.15) is 12.8 Å². The first-order valence-corrected chi connectivity index (χ1v) is 6.41. The smallest absolute Gasteiger partial charge is 0.354 e. The van der Waals surface area contributed by atoms with Crippen molar-refractivity contribution in [3.8, 4) is 0 Å². The highest BCUT2D eigenvalue weighted by molar-refractivity contribution is 6.30. The minimum Gasteiger partial charge on any atom is -0.477 e. The zero-order chi connectivity index (χ0) is 13.1. The highest BCUT2D eigenvalue weighted by Gasteiger charge is 2.48. The van der Waals surface area contributed by atoms with Crippen LogP contribution in [0.2, 0.25) is 5.02 Å². The van der Waals surface area contributed by atoms with Gasteiger partial charge in [0.1, 0.15) is 5.70 Å². The number of pyridine rings is 1. The Morgan fingerprint density at radius 1 is 1.47 bits per heavy atom. The Morgan fingerprint density at radius 3 is 3.00 bits per heavy atom. The quantitative estimate of drug-likeness (QED) is 0.865. The van der Waals surface area contributed by atoms with Crippen molar-refractivity contribution in [3.05, 3.63) is 45.9 Å². The molecule has 19 heavy (non-hydrogen) atoms. The predicted molar refractivity (Wildman–Crippen MR) is 69.3 cm³/mol. The van der Waals surface area contributed by atoms with Gasteiger partial charge in [0.05, 0.1) is 10.7 Å². The van der Waals surface area contributed by atoms with Gasteiger partial charge in [-0.2, -0.15) is 0 Å². The van der Waals surface area contributed by atoms with Gasteiger partial charge < -0.3 is 5.11 Å². The first kappa shape index (κ1) is 10.9. The van der Waals surface area contributed by atoms with E-state index in [0.717, 1.165) is 24.1 Å². The van der Waals surface area contributed by atoms with Gasteiger partial charge in [0.15, 0.2) is 5.82 Å². The second-order valence-corrected chi connectivity index (χ2v) is 5.36. The Bertz CT molecular complexity index is 663. The number of fused-ring (bicyclic) bond motifs is 2. The Hall–Kier alpha value is -2.01. The first-order chi connectivity index (χ1) is 9.15. The number of anilines is 1. The van der Waals surface area contributed by atoms with Crippen LogP contribution in [0, 0.1) is 5.92 Å². The van der Waals surface area contributed by atoms with Crippen LogP contribution in [-0.4, -0.2) is 16.1 Å². The normalized spacial score (nSPS) is 23.4. The molecule has 0 bridgehead atoms. The summed E-state index contributed by atoms with van der Waals surface area (Å²) in [5.74, 6) is 0.273. The lowest BCUT2D eigenvalue weighted by atomic mass is 10.1. The van der Waals surface area contributed by atoms with Crippen molar-refractivity contribution in [2.45, 2.75) is 12.8 Å². The van der Waals surface area contributed by atoms with E-state index in [2.05, 4.69) is 10.4 Å². The minimum absolute atomic E-state index is 0.270. The van der Waals surface area contributed by atoms with E-state index in [9.17, 15) is 9.90 Å². The Morgan fingerprint density at radius 2 is 2.32 bits per heavy atom. The fourth-order valence-electron chi connectivity index (χ4n) is 2.81. The summed E-state index contributed by atoms with van der Waals surface area (Å²) in [4.78, 5) is 15.5. The molecule has 96 valence electrons. The van der Waals surface area contributed by atoms with Gasteiger partial charge in [0, 0.05) is 11.8 Å². The van der Waals surface area contributed by atoms with Crippen molar-refractivity contribution in [3.63, 3.8) is 0 Å². The number of hydrogen-bond donors (Lipinski definition) is 2. The summed E-state index contributed by atoms with van der Waals surface area (Å²) in [5.41, 5.74) is 6.43. The Kier molecular flexibility index (Phi) is 2.01. The van der Waals surface area contributed by atoms with Crippen molar-refractivity contribution in [2.24, 2.45) is 5.92 Å². The molecule has 1 atom stereocenters. The maximum absolute atomic E-state index is 11.3. The number of rotatable bonds is 2. The number of carboxylic acid groups (broad SMARTS) is 1. The molecule has 0 unspecified atom stereocenters. The number of aromatic nitrogens is 1. The van der Waals surface area contributed by atoms with Gasteiger partial charge in [-0.05, 0) is 36.5 Å². The predicted octanol–water partition coefficient (Wildman–Crippen LogP) is 2.08. The van der Waals surface area contributed by atoms with Gasteiger partial charge >= 0.3 is 5.97 Å². The first-order valence-electron chi connectivity index (χ1n) is 6.03. The second-order valence-electron chi connectivity index (χ2n) is 4.92. The summed E-state index contributed by atoms with van der Waals surface area (Å²) < 4.78 is 0. The molecule has 1 fully saturated rings. The van der Waals surface area contributed by atoms with E-state index in [1.807, 2.05) is 0 Å². The van der Waals surface area contributed by atoms with Crippen molar-refractivity contribution >= 4 is 23.4 Å². The summed E-state index contributed by atoms with van der Waals surface area (Å²) in [6.07, 6.45) is 3.45. The van der Waals surface area contributed by atoms with E-state index in [0.29, 0.717) is 16.8 Å². The van der Waals surface area contributed by atoms with Gasteiger partial charge in [0.2, 0.25) is 0 Å². The number of halogens is 1. The van der Waals surface area contributed by atoms with Crippen LogP contribution in [0.25, 0.3) is 0 Å². The maximum atomic E-state index is 11.3. The van der Waals surface area contributed by atoms with Crippen molar-refractivity contribution in [1.82, 2.24) is 10.4 Å². The van der Waals surface area contributed by atoms with E-state index >= 15 is 0 Å². The average molecular weight is 276 g/mol. The number of aliphatic carboxylic acids is 1. The Balaban J connectivity index is 1.79. The van der Waals surface area contributed by atoms with E-state index < -0.39 is 5.97 Å². The third-order valence-corrected chi connectivity index (χ3v) is 3.97. The fourth-order valence-corrected chi connectivity index (χ4v) is 2.92. The number of carboxylic acids is 1. The summed E-state index contributed by atoms with van der Waals surface area (Å²) in [7, 11) is 0. The van der Waals surface area contributed by atoms with Crippen LogP contribution in [-0.2, 0) is 4.79 Å². The second kappa shape index (κ2) is 3.51. The number of nitrogens with one attached hydrogen (secondary N) is 1. The summed E-state index contributed by atoms with van der Waals surface area (Å²) in [5, 5.41) is 11.6. The molecule has 0 saturated heterocycles. The molecule has 0 aromatic carbocycles. The highest BCUT2D eigenvalue weighted by Crippen LogP contribution is 2.56. The molecule has 0 amide bonds. The zero-order valence-electron chi connectivity index (χ0n) is 9.85. The molecule has 5 nitrogen and oxygen atoms in total. The van der Waals surface area contributed by atoms with Crippen LogP contribution >= 0.6 is 11.6 Å². The number of allylic oxidation sites excluding steroid dienone is 2. The van der Waals surface area contributed by atoms with Crippen LogP contribution in [0.4, 0.5) is 5.82 Å². The fraction of sp³-hybridized carbons (Fsp3) is 0.231. The van der Waals surface area contributed by atoms with Gasteiger partial charge in [-0.25, -0.2) is 14.8 Å². The van der Waals surface area contributed by atoms with E-state index in [4.69, 9.17) is 11.6 Å². The number of hydrogen-bond acceptors (Lipinski definition) is 4. The van der Waals surface area contributed by atoms with Crippen molar-refractivity contribution < 1.29 is 9.90 Å². The lowest BCUT2D eigenvalue weighted by molar-refractivity contribution is -0.133. The van der Waals surface area contributed by atoms with Crippen LogP contribution in [0.5, 0.6) is 0 Å². The van der Waals surface area contributed by atoms with Gasteiger partial charge in [-0.15, -0.1) is 0 Å². The third kappa shape index (κ3) is 1.48. The molecule has 1 aliphatic heterocycles. The van der Waals surface area contributed by atoms with Gasteiger partial charge in [-0.3, -0.25) is 5.43 Å². The van der Waals surface area contributed by atoms with Gasteiger partial charge in [-0.1, -0.05) is 11.6 Å². The van der Waals surface area contributed by atoms with E-state index in [1.165, 1.54) is 5.57 Å². The largest absolute Gasteiger partial charge is 0.477 e. The molecule has 1 aromatic heterocycles. The summed E-state index contributed by atoms with van der Waals surface area (Å²) in [6.45, 7) is 0. The maximum Gasteiger partial charge on any atom is 0.354 e. The molecule has 4 rings (SSSR count). The van der Waals surface area contributed by atoms with Crippen molar-refractivity contribution in [2.75, 3.05) is 5.01 Å². The molecule has 0 radical (unpaired) electrons. The van der Waals surface area contributed by atoms with E-state index in [-0.39, 0.29) is 5.70 Å². The Labute approximate surface area is 114 Å². The third-order valence-electron chi connectivity index (χ3n) is 3.74. The lowest BCUT2D eigenvalue weighted by Crippen LogP contribution is -2.33. The summed E-state index contributed by atoms with van der Waals surface area (Å²) in [6, 6.07) is 3.52. The zero-order valence-corrected chi connectivity index (χ0v) is 10.6. The van der Waals surface area contributed by atoms with E-state index in [1.54, 1.807) is 23.3 Å². The van der Waals surface area contributed by atoms with Crippen LogP contribution in [0.15, 0.2) is 40.9 Å². The summed E-state index contributed by atoms with van der Waals surface area (Å²) >= 11 is 5.83. The molecular formula is C13H10ClN3O2. The van der Waals surface area contributed by atoms with Gasteiger partial charge in [0.25, 0.3) is 0 Å². The molecular weight excluding hydrogens is 266 g/mol. The molecule has 2 heterocycles. The molecule has 3 aliphatic rings. The van der Waals surface area contributed by atoms with Crippen LogP contribution in [0.3, 0.4) is 0 Å². The molecule has 1 saturated carbocycles. The molecule has 2 aliphatic carbocycles. The van der Waals surface area contributed by atoms with Crippen molar-refractivity contribution in [1.29, 1.82) is 0 Å². The monoisotopic (exact) mass is 275 g/mol. The minimum atomic E-state index is -0.925. The molecule has 1 aromatic rings. The van der Waals surface area contributed by atoms with Crippen LogP contribution < -0.4 is 10.4 Å². The molecule has 2 N–H and O–H groups in total. The molecule has 6 heteroatoms. The number of nitrogens with zero attached hydrogens (tertiary/aromatic N) is 2. The average Bonchev–Trinajstić information content (AvgIpc) is 2.89. The standard InChI is InChI=1S/C13H10ClN3O2/c14-7-1-2-10(15-5-7)17-12-8-3-6(8)4-9(12)11(16-17)13(18)19/h1-2,5-6,16H,3-4H2,(H,18,19)/t6-/m0/s1. The number of hydrazine groups is 1. The lowest BCUT2D eigenvalue weighted by Gasteiger charge is -2.20. The SMILES string of the molecule is O=C(O)C1=C2C[C@@H]3CC3=C2N(c2ccc(Cl)cn2)N1. The number of carbonyl (C=O) groups is 1. The topological polar surface area (TPSA) is 65.5 Å². The highest BCUT2D eigenvalue weighted by atomic mass is 35.5. The molecule has 0 spiro atoms.